The van der Waals surface area contributed by atoms with E-state index in [0.29, 0.717) is 11.4 Å². The second-order valence-corrected chi connectivity index (χ2v) is 5.63. The lowest BCUT2D eigenvalue weighted by Crippen LogP contribution is -2.13. The molecule has 0 radical (unpaired) electrons. The van der Waals surface area contributed by atoms with Gasteiger partial charge in [-0.25, -0.2) is 9.97 Å². The van der Waals surface area contributed by atoms with Gasteiger partial charge in [-0.1, -0.05) is 28.1 Å². The number of halogens is 2. The fourth-order valence-electron chi connectivity index (χ4n) is 1.95. The largest absolute Gasteiger partial charge is 0.306 e. The Labute approximate surface area is 134 Å². The van der Waals surface area contributed by atoms with Crippen molar-refractivity contribution < 1.29 is 4.79 Å². The normalized spacial score (nSPS) is 10.6. The molecule has 0 bridgehead atoms. The van der Waals surface area contributed by atoms with E-state index in [9.17, 15) is 4.79 Å². The van der Waals surface area contributed by atoms with Crippen LogP contribution in [0.4, 0.5) is 5.82 Å². The average Bonchev–Trinajstić information content (AvgIpc) is 2.46. The zero-order valence-corrected chi connectivity index (χ0v) is 13.0. The first-order chi connectivity index (χ1) is 10.1. The van der Waals surface area contributed by atoms with Crippen LogP contribution in [0.25, 0.3) is 10.8 Å². The number of benzene rings is 2. The lowest BCUT2D eigenvalue weighted by molar-refractivity contribution is 0.102. The minimum Gasteiger partial charge on any atom is -0.306 e. The zero-order valence-electron chi connectivity index (χ0n) is 10.7. The molecule has 104 valence electrons. The highest BCUT2D eigenvalue weighted by atomic mass is 79.9. The van der Waals surface area contributed by atoms with E-state index < -0.39 is 0 Å². The SMILES string of the molecule is O=C(Nc1ccnc(Cl)n1)c1ccc2cc(Br)ccc2c1. The van der Waals surface area contributed by atoms with Crippen molar-refractivity contribution in [2.45, 2.75) is 0 Å². The lowest BCUT2D eigenvalue weighted by atomic mass is 10.1. The molecule has 21 heavy (non-hydrogen) atoms. The molecule has 0 spiro atoms. The van der Waals surface area contributed by atoms with E-state index in [1.165, 1.54) is 6.20 Å². The molecule has 0 aliphatic heterocycles. The monoisotopic (exact) mass is 361 g/mol. The summed E-state index contributed by atoms with van der Waals surface area (Å²) >= 11 is 9.11. The van der Waals surface area contributed by atoms with Crippen LogP contribution >= 0.6 is 27.5 Å². The fourth-order valence-corrected chi connectivity index (χ4v) is 2.48. The minimum atomic E-state index is -0.241. The van der Waals surface area contributed by atoms with E-state index in [4.69, 9.17) is 11.6 Å². The number of amides is 1. The minimum absolute atomic E-state index is 0.0937. The Balaban J connectivity index is 1.89. The van der Waals surface area contributed by atoms with Crippen molar-refractivity contribution >= 4 is 50.0 Å². The predicted molar refractivity (Wildman–Crippen MR) is 86.6 cm³/mol. The third-order valence-corrected chi connectivity index (χ3v) is 3.61. The molecular formula is C15H9BrClN3O. The van der Waals surface area contributed by atoms with Gasteiger partial charge in [0.25, 0.3) is 5.91 Å². The molecule has 3 aromatic rings. The number of anilines is 1. The Morgan fingerprint density at radius 3 is 2.67 bits per heavy atom. The Bertz CT molecular complexity index is 838. The van der Waals surface area contributed by atoms with Gasteiger partial charge in [0.05, 0.1) is 0 Å². The van der Waals surface area contributed by atoms with Crippen molar-refractivity contribution in [1.29, 1.82) is 0 Å². The number of carbonyl (C=O) groups excluding carboxylic acids is 1. The molecular weight excluding hydrogens is 354 g/mol. The van der Waals surface area contributed by atoms with Gasteiger partial charge in [0.1, 0.15) is 5.82 Å². The molecule has 0 saturated heterocycles. The highest BCUT2D eigenvalue weighted by Gasteiger charge is 2.08. The number of hydrogen-bond acceptors (Lipinski definition) is 3. The molecule has 0 fully saturated rings. The van der Waals surface area contributed by atoms with E-state index >= 15 is 0 Å². The van der Waals surface area contributed by atoms with Crippen LogP contribution in [-0.2, 0) is 0 Å². The second kappa shape index (κ2) is 5.79. The molecule has 6 heteroatoms. The Kier molecular flexibility index (Phi) is 3.86. The van der Waals surface area contributed by atoms with Crippen LogP contribution in [-0.4, -0.2) is 15.9 Å². The highest BCUT2D eigenvalue weighted by Crippen LogP contribution is 2.21. The number of nitrogens with one attached hydrogen (secondary N) is 1. The van der Waals surface area contributed by atoms with Gasteiger partial charge >= 0.3 is 0 Å². The lowest BCUT2D eigenvalue weighted by Gasteiger charge is -2.06. The summed E-state index contributed by atoms with van der Waals surface area (Å²) in [5.74, 6) is 0.130. The smallest absolute Gasteiger partial charge is 0.256 e. The quantitative estimate of drug-likeness (QED) is 0.692. The van der Waals surface area contributed by atoms with Crippen molar-refractivity contribution in [3.63, 3.8) is 0 Å². The van der Waals surface area contributed by atoms with Crippen LogP contribution < -0.4 is 5.32 Å². The number of hydrogen-bond donors (Lipinski definition) is 1. The molecule has 0 aliphatic carbocycles. The summed E-state index contributed by atoms with van der Waals surface area (Å²) in [5, 5.41) is 4.84. The molecule has 3 rings (SSSR count). The maximum absolute atomic E-state index is 12.2. The summed E-state index contributed by atoms with van der Waals surface area (Å²) in [6.07, 6.45) is 1.49. The Morgan fingerprint density at radius 1 is 1.10 bits per heavy atom. The molecule has 0 aliphatic rings. The first-order valence-electron chi connectivity index (χ1n) is 6.11. The van der Waals surface area contributed by atoms with Gasteiger partial charge in [0.15, 0.2) is 0 Å². The van der Waals surface area contributed by atoms with Gasteiger partial charge < -0.3 is 5.32 Å². The van der Waals surface area contributed by atoms with E-state index in [-0.39, 0.29) is 11.2 Å². The zero-order chi connectivity index (χ0) is 14.8. The van der Waals surface area contributed by atoms with Gasteiger partial charge in [-0.2, -0.15) is 0 Å². The number of aromatic nitrogens is 2. The predicted octanol–water partition coefficient (Wildman–Crippen LogP) is 4.30. The summed E-state index contributed by atoms with van der Waals surface area (Å²) in [5.41, 5.74) is 0.555. The molecule has 1 heterocycles. The van der Waals surface area contributed by atoms with Crippen LogP contribution in [0.2, 0.25) is 5.28 Å². The second-order valence-electron chi connectivity index (χ2n) is 4.37. The van der Waals surface area contributed by atoms with Gasteiger partial charge in [0, 0.05) is 16.2 Å². The van der Waals surface area contributed by atoms with Crippen LogP contribution in [0.3, 0.4) is 0 Å². The Morgan fingerprint density at radius 2 is 1.86 bits per heavy atom. The Hall–Kier alpha value is -1.98. The molecule has 0 unspecified atom stereocenters. The summed E-state index contributed by atoms with van der Waals surface area (Å²) < 4.78 is 1.00. The van der Waals surface area contributed by atoms with E-state index in [2.05, 4.69) is 31.2 Å². The first-order valence-corrected chi connectivity index (χ1v) is 7.28. The molecule has 4 nitrogen and oxygen atoms in total. The molecule has 1 amide bonds. The van der Waals surface area contributed by atoms with Crippen LogP contribution in [0.1, 0.15) is 10.4 Å². The van der Waals surface area contributed by atoms with Gasteiger partial charge in [-0.05, 0) is 52.7 Å². The van der Waals surface area contributed by atoms with Crippen LogP contribution in [0, 0.1) is 0 Å². The topological polar surface area (TPSA) is 54.9 Å². The molecule has 1 aromatic heterocycles. The third-order valence-electron chi connectivity index (χ3n) is 2.93. The number of rotatable bonds is 2. The summed E-state index contributed by atoms with van der Waals surface area (Å²) in [6, 6.07) is 13.0. The van der Waals surface area contributed by atoms with E-state index in [1.54, 1.807) is 12.1 Å². The van der Waals surface area contributed by atoms with Crippen molar-refractivity contribution in [2.75, 3.05) is 5.32 Å². The van der Waals surface area contributed by atoms with Gasteiger partial charge in [-0.15, -0.1) is 0 Å². The molecule has 2 aromatic carbocycles. The standard InChI is InChI=1S/C15H9BrClN3O/c16-12-4-3-9-7-11(2-1-10(9)8-12)14(21)19-13-5-6-18-15(17)20-13/h1-8H,(H,18,19,20,21). The third kappa shape index (κ3) is 3.20. The number of nitrogens with zero attached hydrogens (tertiary/aromatic N) is 2. The first kappa shape index (κ1) is 14.0. The fraction of sp³-hybridized carbons (Fsp3) is 0. The summed E-state index contributed by atoms with van der Waals surface area (Å²) in [4.78, 5) is 19.9. The van der Waals surface area contributed by atoms with Gasteiger partial charge in [-0.3, -0.25) is 4.79 Å². The summed E-state index contributed by atoms with van der Waals surface area (Å²) in [7, 11) is 0. The van der Waals surface area contributed by atoms with Crippen molar-refractivity contribution in [1.82, 2.24) is 9.97 Å². The van der Waals surface area contributed by atoms with Crippen molar-refractivity contribution in [3.05, 3.63) is 64.0 Å². The van der Waals surface area contributed by atoms with Gasteiger partial charge in [0.2, 0.25) is 5.28 Å². The van der Waals surface area contributed by atoms with Crippen molar-refractivity contribution in [3.8, 4) is 0 Å². The maximum atomic E-state index is 12.2. The van der Waals surface area contributed by atoms with Crippen LogP contribution in [0.15, 0.2) is 53.1 Å². The van der Waals surface area contributed by atoms with E-state index in [1.807, 2.05) is 30.3 Å². The molecule has 0 saturated carbocycles. The van der Waals surface area contributed by atoms with Crippen molar-refractivity contribution in [2.24, 2.45) is 0 Å². The maximum Gasteiger partial charge on any atom is 0.256 e. The average molecular weight is 363 g/mol. The van der Waals surface area contributed by atoms with Crippen LogP contribution in [0.5, 0.6) is 0 Å². The van der Waals surface area contributed by atoms with E-state index in [0.717, 1.165) is 15.2 Å². The molecule has 1 N–H and O–H groups in total. The summed E-state index contributed by atoms with van der Waals surface area (Å²) in [6.45, 7) is 0. The molecule has 0 atom stereocenters. The number of carbonyl (C=O) groups is 1. The number of fused-ring (bicyclic) bond motifs is 1. The highest BCUT2D eigenvalue weighted by molar-refractivity contribution is 9.10.